The Bertz CT molecular complexity index is 794. The highest BCUT2D eigenvalue weighted by atomic mass is 19.1. The highest BCUT2D eigenvalue weighted by Crippen LogP contribution is 2.32. The molecule has 0 aliphatic heterocycles. The average molecular weight is 345 g/mol. The molecule has 2 aromatic carbocycles. The molecule has 0 saturated carbocycles. The van der Waals surface area contributed by atoms with Gasteiger partial charge in [0.25, 0.3) is 5.69 Å². The molecule has 0 aromatic heterocycles. The molecule has 0 aliphatic rings. The quantitative estimate of drug-likeness (QED) is 0.447. The van der Waals surface area contributed by atoms with Crippen molar-refractivity contribution in [2.45, 2.75) is 39.2 Å². The van der Waals surface area contributed by atoms with Crippen molar-refractivity contribution in [2.24, 2.45) is 0 Å². The summed E-state index contributed by atoms with van der Waals surface area (Å²) in [5, 5.41) is 11.3. The number of nitro groups is 1. The lowest BCUT2D eigenvalue weighted by Gasteiger charge is -2.19. The lowest BCUT2D eigenvalue weighted by Crippen LogP contribution is -2.15. The van der Waals surface area contributed by atoms with E-state index in [0.29, 0.717) is 11.1 Å². The molecule has 0 heterocycles. The lowest BCUT2D eigenvalue weighted by atomic mass is 9.85. The number of esters is 1. The minimum absolute atomic E-state index is 0.105. The van der Waals surface area contributed by atoms with Crippen LogP contribution in [0.3, 0.4) is 0 Å². The van der Waals surface area contributed by atoms with Gasteiger partial charge in [0.2, 0.25) is 0 Å². The first-order chi connectivity index (χ1) is 11.6. The van der Waals surface area contributed by atoms with Gasteiger partial charge in [-0.1, -0.05) is 39.0 Å². The third-order valence-electron chi connectivity index (χ3n) is 3.86. The van der Waals surface area contributed by atoms with Crippen LogP contribution >= 0.6 is 0 Å². The zero-order valence-corrected chi connectivity index (χ0v) is 14.6. The molecule has 25 heavy (non-hydrogen) atoms. The van der Waals surface area contributed by atoms with Crippen molar-refractivity contribution in [1.82, 2.24) is 0 Å². The van der Waals surface area contributed by atoms with Crippen LogP contribution in [-0.2, 0) is 10.2 Å². The van der Waals surface area contributed by atoms with E-state index in [4.69, 9.17) is 4.74 Å². The van der Waals surface area contributed by atoms with Gasteiger partial charge < -0.3 is 4.74 Å². The topological polar surface area (TPSA) is 69.4 Å². The van der Waals surface area contributed by atoms with E-state index in [-0.39, 0.29) is 17.1 Å². The van der Waals surface area contributed by atoms with Crippen LogP contribution in [0.2, 0.25) is 0 Å². The monoisotopic (exact) mass is 345 g/mol. The van der Waals surface area contributed by atoms with Gasteiger partial charge in [-0.25, -0.2) is 9.18 Å². The van der Waals surface area contributed by atoms with Crippen molar-refractivity contribution in [2.75, 3.05) is 0 Å². The first-order valence-corrected chi connectivity index (χ1v) is 7.85. The van der Waals surface area contributed by atoms with Crippen LogP contribution in [0.25, 0.3) is 0 Å². The Morgan fingerprint density at radius 2 is 1.76 bits per heavy atom. The third kappa shape index (κ3) is 4.41. The van der Waals surface area contributed by atoms with Crippen LogP contribution < -0.4 is 0 Å². The van der Waals surface area contributed by atoms with Crippen molar-refractivity contribution >= 4 is 11.7 Å². The summed E-state index contributed by atoms with van der Waals surface area (Å²) in [5.41, 5.74) is 0.743. The summed E-state index contributed by atoms with van der Waals surface area (Å²) in [6.07, 6.45) is -0.602. The molecule has 0 saturated heterocycles. The summed E-state index contributed by atoms with van der Waals surface area (Å²) in [4.78, 5) is 23.1. The Morgan fingerprint density at radius 3 is 2.28 bits per heavy atom. The van der Waals surface area contributed by atoms with Crippen LogP contribution in [0, 0.1) is 15.9 Å². The van der Waals surface area contributed by atoms with Crippen molar-refractivity contribution in [3.8, 4) is 0 Å². The molecular weight excluding hydrogens is 325 g/mol. The molecule has 0 radical (unpaired) electrons. The SMILES string of the molecule is CC(OC(=O)c1ccc(C(C)(C)C)c([N+](=O)[O-])c1)c1ccc(F)cc1. The van der Waals surface area contributed by atoms with E-state index < -0.39 is 22.4 Å². The molecule has 6 heteroatoms. The fourth-order valence-corrected chi connectivity index (χ4v) is 2.47. The van der Waals surface area contributed by atoms with Crippen LogP contribution in [0.1, 0.15) is 55.3 Å². The Labute approximate surface area is 145 Å². The number of halogens is 1. The van der Waals surface area contributed by atoms with E-state index in [1.54, 1.807) is 13.0 Å². The molecular formula is C19H20FNO4. The molecule has 2 rings (SSSR count). The molecule has 0 aliphatic carbocycles. The van der Waals surface area contributed by atoms with Crippen molar-refractivity contribution < 1.29 is 18.8 Å². The van der Waals surface area contributed by atoms with Gasteiger partial charge in [-0.05, 0) is 36.1 Å². The highest BCUT2D eigenvalue weighted by Gasteiger charge is 2.26. The number of nitrogens with zero attached hydrogens (tertiary/aromatic N) is 1. The minimum Gasteiger partial charge on any atom is -0.454 e. The van der Waals surface area contributed by atoms with Crippen molar-refractivity contribution in [3.63, 3.8) is 0 Å². The summed E-state index contributed by atoms with van der Waals surface area (Å²) in [6, 6.07) is 9.95. The molecule has 1 atom stereocenters. The summed E-state index contributed by atoms with van der Waals surface area (Å²) < 4.78 is 18.3. The molecule has 0 spiro atoms. The van der Waals surface area contributed by atoms with E-state index in [1.807, 2.05) is 20.8 Å². The predicted molar refractivity (Wildman–Crippen MR) is 92.0 cm³/mol. The van der Waals surface area contributed by atoms with E-state index in [1.165, 1.54) is 36.4 Å². The predicted octanol–water partition coefficient (Wildman–Crippen LogP) is 4.95. The Morgan fingerprint density at radius 1 is 1.16 bits per heavy atom. The number of nitro benzene ring substituents is 1. The number of hydrogen-bond acceptors (Lipinski definition) is 4. The van der Waals surface area contributed by atoms with Crippen LogP contribution in [0.5, 0.6) is 0 Å². The number of carbonyl (C=O) groups excluding carboxylic acids is 1. The fraction of sp³-hybridized carbons (Fsp3) is 0.316. The molecule has 2 aromatic rings. The minimum atomic E-state index is -0.666. The van der Waals surface area contributed by atoms with E-state index >= 15 is 0 Å². The van der Waals surface area contributed by atoms with Gasteiger partial charge in [0, 0.05) is 11.6 Å². The van der Waals surface area contributed by atoms with Gasteiger partial charge in [-0.2, -0.15) is 0 Å². The number of ether oxygens (including phenoxy) is 1. The molecule has 132 valence electrons. The van der Waals surface area contributed by atoms with Crippen molar-refractivity contribution in [3.05, 3.63) is 75.1 Å². The van der Waals surface area contributed by atoms with Crippen LogP contribution in [0.4, 0.5) is 10.1 Å². The zero-order valence-electron chi connectivity index (χ0n) is 14.6. The third-order valence-corrected chi connectivity index (χ3v) is 3.86. The maximum Gasteiger partial charge on any atom is 0.338 e. The van der Waals surface area contributed by atoms with Gasteiger partial charge in [0.1, 0.15) is 11.9 Å². The molecule has 0 amide bonds. The summed E-state index contributed by atoms with van der Waals surface area (Å²) >= 11 is 0. The largest absolute Gasteiger partial charge is 0.454 e. The smallest absolute Gasteiger partial charge is 0.338 e. The number of rotatable bonds is 4. The maximum atomic E-state index is 13.0. The summed E-state index contributed by atoms with van der Waals surface area (Å²) in [6.45, 7) is 7.25. The van der Waals surface area contributed by atoms with Gasteiger partial charge in [-0.3, -0.25) is 10.1 Å². The average Bonchev–Trinajstić information content (AvgIpc) is 2.53. The molecule has 5 nitrogen and oxygen atoms in total. The second-order valence-corrected chi connectivity index (χ2v) is 6.84. The summed E-state index contributed by atoms with van der Waals surface area (Å²) in [7, 11) is 0. The van der Waals surface area contributed by atoms with Crippen LogP contribution in [-0.4, -0.2) is 10.9 Å². The lowest BCUT2D eigenvalue weighted by molar-refractivity contribution is -0.386. The van der Waals surface area contributed by atoms with E-state index in [9.17, 15) is 19.3 Å². The van der Waals surface area contributed by atoms with Gasteiger partial charge in [-0.15, -0.1) is 0 Å². The Hall–Kier alpha value is -2.76. The van der Waals surface area contributed by atoms with Crippen LogP contribution in [0.15, 0.2) is 42.5 Å². The second kappa shape index (κ2) is 7.01. The normalized spacial score (nSPS) is 12.5. The van der Waals surface area contributed by atoms with Gasteiger partial charge >= 0.3 is 5.97 Å². The molecule has 0 fully saturated rings. The number of benzene rings is 2. The number of hydrogen-bond donors (Lipinski definition) is 0. The van der Waals surface area contributed by atoms with E-state index in [0.717, 1.165) is 0 Å². The first kappa shape index (κ1) is 18.6. The molecule has 0 N–H and O–H groups in total. The standard InChI is InChI=1S/C19H20FNO4/c1-12(13-5-8-15(20)9-6-13)25-18(22)14-7-10-16(19(2,3)4)17(11-14)21(23)24/h5-12H,1-4H3. The summed E-state index contributed by atoms with van der Waals surface area (Å²) in [5.74, 6) is -1.05. The highest BCUT2D eigenvalue weighted by molar-refractivity contribution is 5.90. The van der Waals surface area contributed by atoms with E-state index in [2.05, 4.69) is 0 Å². The fourth-order valence-electron chi connectivity index (χ4n) is 2.47. The maximum absolute atomic E-state index is 13.0. The Balaban J connectivity index is 2.26. The van der Waals surface area contributed by atoms with Crippen molar-refractivity contribution in [1.29, 1.82) is 0 Å². The first-order valence-electron chi connectivity index (χ1n) is 7.85. The molecule has 1 unspecified atom stereocenters. The second-order valence-electron chi connectivity index (χ2n) is 6.84. The molecule has 0 bridgehead atoms. The Kier molecular flexibility index (Phi) is 5.21. The van der Waals surface area contributed by atoms with Gasteiger partial charge in [0.15, 0.2) is 0 Å². The number of carbonyl (C=O) groups is 1. The van der Waals surface area contributed by atoms with Gasteiger partial charge in [0.05, 0.1) is 10.5 Å². The zero-order chi connectivity index (χ0) is 18.8.